The number of amides is 1. The van der Waals surface area contributed by atoms with E-state index in [1.807, 2.05) is 0 Å². The van der Waals surface area contributed by atoms with E-state index in [0.717, 1.165) is 30.3 Å². The van der Waals surface area contributed by atoms with Gasteiger partial charge >= 0.3 is 12.1 Å². The van der Waals surface area contributed by atoms with Crippen LogP contribution in [0.4, 0.5) is 30.2 Å². The molecule has 0 radical (unpaired) electrons. The number of nitrogens with one attached hydrogen (secondary N) is 1. The number of hydrogen-bond acceptors (Lipinski definition) is 9. The zero-order chi connectivity index (χ0) is 28.6. The first kappa shape index (κ1) is 26.2. The number of alkyl halides is 3. The molecular weight excluding hydrogens is 531 g/mol. The Bertz CT molecular complexity index is 1760. The fourth-order valence-corrected chi connectivity index (χ4v) is 3.70. The lowest BCUT2D eigenvalue weighted by molar-refractivity contribution is -0.385. The number of benzene rings is 3. The van der Waals surface area contributed by atoms with Gasteiger partial charge in [0.2, 0.25) is 5.76 Å². The van der Waals surface area contributed by atoms with Gasteiger partial charge < -0.3 is 14.9 Å². The average Bonchev–Trinajstić information content (AvgIpc) is 3.30. The Balaban J connectivity index is 1.84. The summed E-state index contributed by atoms with van der Waals surface area (Å²) < 4.78 is 46.2. The summed E-state index contributed by atoms with van der Waals surface area (Å²) >= 11 is 0. The summed E-state index contributed by atoms with van der Waals surface area (Å²) in [7, 11) is 0. The van der Waals surface area contributed by atoms with Crippen molar-refractivity contribution in [3.05, 3.63) is 91.2 Å². The number of nitrogens with zero attached hydrogens (tertiary/aromatic N) is 4. The van der Waals surface area contributed by atoms with Crippen molar-refractivity contribution in [1.29, 1.82) is 5.26 Å². The van der Waals surface area contributed by atoms with Gasteiger partial charge in [0.15, 0.2) is 0 Å². The second-order valence-electron chi connectivity index (χ2n) is 7.77. The highest BCUT2D eigenvalue weighted by molar-refractivity contribution is 6.13. The number of carbonyl (C=O) groups excluding carboxylic acids is 1. The van der Waals surface area contributed by atoms with Crippen molar-refractivity contribution in [2.24, 2.45) is 0 Å². The van der Waals surface area contributed by atoms with Gasteiger partial charge in [0.05, 0.1) is 49.2 Å². The number of fused-ring (bicyclic) bond motifs is 1. The van der Waals surface area contributed by atoms with Crippen LogP contribution in [0.1, 0.15) is 32.0 Å². The van der Waals surface area contributed by atoms with E-state index in [0.29, 0.717) is 6.07 Å². The minimum Gasteiger partial charge on any atom is -0.478 e. The van der Waals surface area contributed by atoms with Crippen LogP contribution in [0.5, 0.6) is 0 Å². The largest absolute Gasteiger partial charge is 0.478 e. The van der Waals surface area contributed by atoms with Gasteiger partial charge in [-0.15, -0.1) is 0 Å². The van der Waals surface area contributed by atoms with E-state index in [-0.39, 0.29) is 28.2 Å². The molecule has 0 atom stereocenters. The molecule has 1 heterocycles. The highest BCUT2D eigenvalue weighted by atomic mass is 19.4. The number of nitro benzene ring substituents is 2. The average molecular weight is 541 g/mol. The molecule has 2 N–H and O–H groups in total. The fraction of sp³-hybridized carbons (Fsp3) is 0.0435. The van der Waals surface area contributed by atoms with E-state index >= 15 is 0 Å². The molecule has 16 heteroatoms. The number of carboxylic acids is 1. The van der Waals surface area contributed by atoms with E-state index in [1.165, 1.54) is 6.07 Å². The Hall–Kier alpha value is -5.85. The van der Waals surface area contributed by atoms with Gasteiger partial charge in [0, 0.05) is 23.8 Å². The highest BCUT2D eigenvalue weighted by Gasteiger charge is 2.37. The van der Waals surface area contributed by atoms with E-state index in [4.69, 9.17) is 9.78 Å². The number of carboxylic acid groups (broad SMARTS) is 1. The molecule has 39 heavy (non-hydrogen) atoms. The van der Waals surface area contributed by atoms with Gasteiger partial charge in [-0.05, 0) is 30.3 Å². The molecular formula is C23H10F3N5O8. The summed E-state index contributed by atoms with van der Waals surface area (Å²) in [6.45, 7) is 0. The smallest absolute Gasteiger partial charge is 0.417 e. The Morgan fingerprint density at radius 1 is 1.03 bits per heavy atom. The van der Waals surface area contributed by atoms with Crippen molar-refractivity contribution in [3.63, 3.8) is 0 Å². The van der Waals surface area contributed by atoms with Crippen molar-refractivity contribution < 1.29 is 42.2 Å². The van der Waals surface area contributed by atoms with Crippen molar-refractivity contribution in [2.45, 2.75) is 6.18 Å². The Kier molecular flexibility index (Phi) is 6.42. The topological polar surface area (TPSA) is 202 Å². The van der Waals surface area contributed by atoms with Crippen molar-refractivity contribution in [3.8, 4) is 17.2 Å². The van der Waals surface area contributed by atoms with E-state index in [1.54, 1.807) is 6.07 Å². The molecule has 13 nitrogen and oxygen atoms in total. The molecule has 1 amide bonds. The molecule has 1 aromatic heterocycles. The molecule has 4 rings (SSSR count). The molecule has 0 unspecified atom stereocenters. The normalized spacial score (nSPS) is 11.1. The first-order chi connectivity index (χ1) is 18.3. The maximum Gasteiger partial charge on any atom is 0.417 e. The third-order valence-corrected chi connectivity index (χ3v) is 5.43. The van der Waals surface area contributed by atoms with Crippen LogP contribution in [0.2, 0.25) is 0 Å². The molecule has 196 valence electrons. The number of non-ortho nitro benzene ring substituents is 1. The monoisotopic (exact) mass is 541 g/mol. The summed E-state index contributed by atoms with van der Waals surface area (Å²) in [4.78, 5) is 45.1. The second kappa shape index (κ2) is 9.55. The zero-order valence-electron chi connectivity index (χ0n) is 18.8. The van der Waals surface area contributed by atoms with Gasteiger partial charge in [0.25, 0.3) is 17.3 Å². The molecule has 3 aromatic carbocycles. The third-order valence-electron chi connectivity index (χ3n) is 5.43. The number of carbonyl (C=O) groups is 2. The number of nitro groups is 2. The summed E-state index contributed by atoms with van der Waals surface area (Å²) in [5, 5.41) is 46.7. The van der Waals surface area contributed by atoms with Crippen LogP contribution in [0.15, 0.2) is 53.1 Å². The number of nitriles is 1. The Morgan fingerprint density at radius 3 is 2.33 bits per heavy atom. The van der Waals surface area contributed by atoms with Crippen LogP contribution in [0.25, 0.3) is 22.0 Å². The fourth-order valence-electron chi connectivity index (χ4n) is 3.70. The summed E-state index contributed by atoms with van der Waals surface area (Å²) in [6.07, 6.45) is -5.12. The first-order valence-electron chi connectivity index (χ1n) is 10.3. The maximum absolute atomic E-state index is 13.7. The summed E-state index contributed by atoms with van der Waals surface area (Å²) in [5.74, 6) is -3.20. The number of aromatic carboxylic acids is 1. The first-order valence-corrected chi connectivity index (χ1v) is 10.3. The summed E-state index contributed by atoms with van der Waals surface area (Å²) in [5.41, 5.74) is -5.63. The molecule has 4 aromatic rings. The van der Waals surface area contributed by atoms with Crippen molar-refractivity contribution in [1.82, 2.24) is 5.16 Å². The van der Waals surface area contributed by atoms with E-state index in [9.17, 15) is 48.1 Å². The Morgan fingerprint density at radius 2 is 1.74 bits per heavy atom. The van der Waals surface area contributed by atoms with Crippen LogP contribution in [-0.2, 0) is 6.18 Å². The summed E-state index contributed by atoms with van der Waals surface area (Å²) in [6, 6.07) is 8.39. The molecule has 0 fully saturated rings. The third kappa shape index (κ3) is 4.91. The van der Waals surface area contributed by atoms with Crippen molar-refractivity contribution in [2.75, 3.05) is 5.32 Å². The quantitative estimate of drug-likeness (QED) is 0.243. The van der Waals surface area contributed by atoms with Gasteiger partial charge in [0.1, 0.15) is 5.52 Å². The Labute approximate surface area is 213 Å². The number of anilines is 1. The van der Waals surface area contributed by atoms with Crippen molar-refractivity contribution >= 4 is 39.8 Å². The zero-order valence-corrected chi connectivity index (χ0v) is 18.8. The predicted octanol–water partition coefficient (Wildman–Crippen LogP) is 5.15. The van der Waals surface area contributed by atoms with Gasteiger partial charge in [-0.3, -0.25) is 25.0 Å². The lowest BCUT2D eigenvalue weighted by atomic mass is 9.95. The van der Waals surface area contributed by atoms with Crippen LogP contribution in [0.3, 0.4) is 0 Å². The molecule has 0 aliphatic heterocycles. The molecule has 0 aliphatic rings. The van der Waals surface area contributed by atoms with Gasteiger partial charge in [-0.2, -0.15) is 18.4 Å². The molecule has 0 saturated heterocycles. The van der Waals surface area contributed by atoms with Gasteiger partial charge in [-0.25, -0.2) is 4.79 Å². The van der Waals surface area contributed by atoms with Crippen LogP contribution in [-0.4, -0.2) is 32.0 Å². The number of aromatic nitrogens is 1. The number of hydrogen-bond donors (Lipinski definition) is 2. The molecule has 0 saturated carbocycles. The lowest BCUT2D eigenvalue weighted by Crippen LogP contribution is -2.14. The van der Waals surface area contributed by atoms with E-state index in [2.05, 4.69) is 10.5 Å². The van der Waals surface area contributed by atoms with Crippen LogP contribution >= 0.6 is 0 Å². The molecule has 0 bridgehead atoms. The SMILES string of the molecule is N#Cc1ccc(NC(=O)c2onc3cc(-c4ccc([N+](=O)[O-])cc4C(F)(F)F)c([N+](=O)[O-])cc23)c(C(=O)O)c1. The standard InChI is InChI=1S/C23H10F3N5O8/c24-23(25,26)16-6-11(30(35)36)2-3-12(16)13-7-18-14(8-19(13)31(37)38)20(39-29-18)21(32)28-17-4-1-10(9-27)5-15(17)22(33)34/h1-8H,(H,28,32)(H,33,34). The number of rotatable bonds is 6. The maximum atomic E-state index is 13.7. The highest BCUT2D eigenvalue weighted by Crippen LogP contribution is 2.43. The van der Waals surface area contributed by atoms with E-state index < -0.39 is 67.3 Å². The molecule has 0 spiro atoms. The molecule has 0 aliphatic carbocycles. The van der Waals surface area contributed by atoms with Crippen LogP contribution < -0.4 is 5.32 Å². The van der Waals surface area contributed by atoms with Gasteiger partial charge in [-0.1, -0.05) is 5.16 Å². The predicted molar refractivity (Wildman–Crippen MR) is 124 cm³/mol. The van der Waals surface area contributed by atoms with Crippen LogP contribution in [0, 0.1) is 31.6 Å². The lowest BCUT2D eigenvalue weighted by Gasteiger charge is -2.13. The minimum atomic E-state index is -5.12. The minimum absolute atomic E-state index is 0.0110. The second-order valence-corrected chi connectivity index (χ2v) is 7.77. The number of halogens is 3.